The normalized spacial score (nSPS) is 19.7. The van der Waals surface area contributed by atoms with Gasteiger partial charge in [0.2, 0.25) is 0 Å². The summed E-state index contributed by atoms with van der Waals surface area (Å²) in [6.07, 6.45) is 7.58. The van der Waals surface area contributed by atoms with Gasteiger partial charge in [-0.05, 0) is 43.5 Å². The second-order valence-corrected chi connectivity index (χ2v) is 9.05. The first-order chi connectivity index (χ1) is 14.6. The van der Waals surface area contributed by atoms with E-state index in [1.807, 2.05) is 30.5 Å². The second kappa shape index (κ2) is 8.17. The van der Waals surface area contributed by atoms with Crippen LogP contribution >= 0.6 is 23.2 Å². The van der Waals surface area contributed by atoms with Crippen LogP contribution < -0.4 is 16.0 Å². The van der Waals surface area contributed by atoms with Crippen molar-refractivity contribution in [3.63, 3.8) is 0 Å². The van der Waals surface area contributed by atoms with Crippen LogP contribution in [0.4, 0.5) is 11.6 Å². The minimum atomic E-state index is 0.193. The molecule has 0 amide bonds. The average molecular weight is 443 g/mol. The van der Waals surface area contributed by atoms with Gasteiger partial charge in [0, 0.05) is 47.7 Å². The first kappa shape index (κ1) is 19.8. The highest BCUT2D eigenvalue weighted by Gasteiger charge is 2.22. The molecule has 2 fully saturated rings. The molecule has 1 atom stereocenters. The number of nitrogens with two attached hydrogens (primary N) is 1. The van der Waals surface area contributed by atoms with E-state index in [1.54, 1.807) is 0 Å². The zero-order valence-corrected chi connectivity index (χ0v) is 18.1. The average Bonchev–Trinajstić information content (AvgIpc) is 3.41. The number of aromatic nitrogens is 3. The van der Waals surface area contributed by atoms with E-state index in [1.165, 1.54) is 12.8 Å². The van der Waals surface area contributed by atoms with Crippen LogP contribution in [0.1, 0.15) is 32.1 Å². The van der Waals surface area contributed by atoms with Crippen molar-refractivity contribution in [1.29, 1.82) is 0 Å². The summed E-state index contributed by atoms with van der Waals surface area (Å²) in [4.78, 5) is 6.75. The molecular weight excluding hydrogens is 419 g/mol. The SMILES string of the molecule is NC1CCN(c2cc(-c3nnc(NC4CCCC4)c4cc(Cl)c(Cl)cc34)ccn2)C1. The zero-order valence-electron chi connectivity index (χ0n) is 16.6. The predicted molar refractivity (Wildman–Crippen MR) is 123 cm³/mol. The molecule has 5 rings (SSSR count). The van der Waals surface area contributed by atoms with Gasteiger partial charge >= 0.3 is 0 Å². The summed E-state index contributed by atoms with van der Waals surface area (Å²) in [5.41, 5.74) is 7.79. The third-order valence-corrected chi connectivity index (χ3v) is 6.81. The summed E-state index contributed by atoms with van der Waals surface area (Å²) in [7, 11) is 0. The lowest BCUT2D eigenvalue weighted by molar-refractivity contribution is 0.748. The van der Waals surface area contributed by atoms with E-state index in [0.717, 1.165) is 66.0 Å². The standard InChI is InChI=1S/C22H24Cl2N6/c23-18-10-16-17(11-19(18)24)22(27-15-3-1-2-4-15)29-28-21(16)13-5-7-26-20(9-13)30-8-6-14(25)12-30/h5,7,9-11,14-15H,1-4,6,8,12,25H2,(H,27,29). The van der Waals surface area contributed by atoms with Crippen molar-refractivity contribution in [2.75, 3.05) is 23.3 Å². The largest absolute Gasteiger partial charge is 0.365 e. The van der Waals surface area contributed by atoms with Crippen LogP contribution in [0, 0.1) is 0 Å². The number of benzene rings is 1. The van der Waals surface area contributed by atoms with Gasteiger partial charge in [-0.3, -0.25) is 0 Å². The Morgan fingerprint density at radius 3 is 2.50 bits per heavy atom. The van der Waals surface area contributed by atoms with E-state index < -0.39 is 0 Å². The van der Waals surface area contributed by atoms with Crippen molar-refractivity contribution in [3.8, 4) is 11.3 Å². The summed E-state index contributed by atoms with van der Waals surface area (Å²) < 4.78 is 0. The van der Waals surface area contributed by atoms with Crippen LogP contribution in [0.5, 0.6) is 0 Å². The molecule has 3 aromatic rings. The molecule has 0 radical (unpaired) electrons. The van der Waals surface area contributed by atoms with Gasteiger partial charge in [-0.2, -0.15) is 0 Å². The maximum Gasteiger partial charge on any atom is 0.156 e. The van der Waals surface area contributed by atoms with Crippen LogP contribution in [-0.2, 0) is 0 Å². The number of nitrogens with zero attached hydrogens (tertiary/aromatic N) is 4. The van der Waals surface area contributed by atoms with E-state index >= 15 is 0 Å². The third kappa shape index (κ3) is 3.80. The summed E-state index contributed by atoms with van der Waals surface area (Å²) in [5.74, 6) is 1.67. The van der Waals surface area contributed by atoms with Crippen molar-refractivity contribution in [2.24, 2.45) is 5.73 Å². The molecule has 156 valence electrons. The molecule has 6 nitrogen and oxygen atoms in total. The van der Waals surface area contributed by atoms with E-state index in [0.29, 0.717) is 16.1 Å². The number of hydrogen-bond acceptors (Lipinski definition) is 6. The molecule has 0 spiro atoms. The number of nitrogens with one attached hydrogen (secondary N) is 1. The maximum atomic E-state index is 6.39. The van der Waals surface area contributed by atoms with Crippen LogP contribution in [0.3, 0.4) is 0 Å². The number of fused-ring (bicyclic) bond motifs is 1. The van der Waals surface area contributed by atoms with Gasteiger partial charge in [-0.25, -0.2) is 4.98 Å². The van der Waals surface area contributed by atoms with E-state index in [4.69, 9.17) is 28.9 Å². The molecular formula is C22H24Cl2N6. The molecule has 1 aliphatic heterocycles. The molecule has 0 bridgehead atoms. The molecule has 30 heavy (non-hydrogen) atoms. The summed E-state index contributed by atoms with van der Waals surface area (Å²) in [6, 6.07) is 8.39. The van der Waals surface area contributed by atoms with Crippen LogP contribution in [0.2, 0.25) is 10.0 Å². The molecule has 1 aromatic carbocycles. The number of rotatable bonds is 4. The first-order valence-electron chi connectivity index (χ1n) is 10.5. The molecule has 2 aromatic heterocycles. The Kier molecular flexibility index (Phi) is 5.39. The van der Waals surface area contributed by atoms with Crippen molar-refractivity contribution < 1.29 is 0 Å². The number of anilines is 2. The molecule has 2 aliphatic rings. The lowest BCUT2D eigenvalue weighted by Crippen LogP contribution is -2.26. The third-order valence-electron chi connectivity index (χ3n) is 6.08. The highest BCUT2D eigenvalue weighted by Crippen LogP contribution is 2.37. The molecule has 1 aliphatic carbocycles. The fraction of sp³-hybridized carbons (Fsp3) is 0.409. The number of hydrogen-bond donors (Lipinski definition) is 2. The van der Waals surface area contributed by atoms with E-state index in [9.17, 15) is 0 Å². The first-order valence-corrected chi connectivity index (χ1v) is 11.2. The fourth-order valence-corrected chi connectivity index (χ4v) is 4.79. The summed E-state index contributed by atoms with van der Waals surface area (Å²) in [6.45, 7) is 1.73. The van der Waals surface area contributed by atoms with Gasteiger partial charge in [0.15, 0.2) is 5.82 Å². The van der Waals surface area contributed by atoms with Gasteiger partial charge < -0.3 is 16.0 Å². The number of pyridine rings is 1. The molecule has 8 heteroatoms. The van der Waals surface area contributed by atoms with Crippen LogP contribution in [-0.4, -0.2) is 40.4 Å². The van der Waals surface area contributed by atoms with Gasteiger partial charge in [0.1, 0.15) is 11.5 Å². The highest BCUT2D eigenvalue weighted by molar-refractivity contribution is 6.43. The smallest absolute Gasteiger partial charge is 0.156 e. The predicted octanol–water partition coefficient (Wildman–Crippen LogP) is 4.89. The fourth-order valence-electron chi connectivity index (χ4n) is 4.46. The van der Waals surface area contributed by atoms with Crippen LogP contribution in [0.15, 0.2) is 30.5 Å². The second-order valence-electron chi connectivity index (χ2n) is 8.23. The Morgan fingerprint density at radius 2 is 1.77 bits per heavy atom. The van der Waals surface area contributed by atoms with Crippen molar-refractivity contribution >= 4 is 45.6 Å². The minimum absolute atomic E-state index is 0.193. The van der Waals surface area contributed by atoms with Gasteiger partial charge in [0.25, 0.3) is 0 Å². The number of halogens is 2. The van der Waals surface area contributed by atoms with E-state index in [2.05, 4.69) is 25.4 Å². The van der Waals surface area contributed by atoms with Crippen molar-refractivity contribution in [1.82, 2.24) is 15.2 Å². The molecule has 1 unspecified atom stereocenters. The minimum Gasteiger partial charge on any atom is -0.365 e. The quantitative estimate of drug-likeness (QED) is 0.598. The van der Waals surface area contributed by atoms with E-state index in [-0.39, 0.29) is 6.04 Å². The van der Waals surface area contributed by atoms with Crippen molar-refractivity contribution in [2.45, 2.75) is 44.2 Å². The topological polar surface area (TPSA) is 80.0 Å². The monoisotopic (exact) mass is 442 g/mol. The van der Waals surface area contributed by atoms with Gasteiger partial charge in [-0.1, -0.05) is 36.0 Å². The van der Waals surface area contributed by atoms with Crippen molar-refractivity contribution in [3.05, 3.63) is 40.5 Å². The Labute approximate surface area is 185 Å². The lowest BCUT2D eigenvalue weighted by atomic mass is 10.0. The Bertz CT molecular complexity index is 1080. The zero-order chi connectivity index (χ0) is 20.7. The molecule has 1 saturated carbocycles. The Balaban J connectivity index is 1.58. The van der Waals surface area contributed by atoms with Gasteiger partial charge in [-0.15, -0.1) is 10.2 Å². The molecule has 3 N–H and O–H groups in total. The summed E-state index contributed by atoms with van der Waals surface area (Å²) >= 11 is 12.7. The maximum absolute atomic E-state index is 6.39. The lowest BCUT2D eigenvalue weighted by Gasteiger charge is -2.18. The summed E-state index contributed by atoms with van der Waals surface area (Å²) in [5, 5.41) is 15.6. The molecule has 3 heterocycles. The Morgan fingerprint density at radius 1 is 1.00 bits per heavy atom. The molecule has 1 saturated heterocycles. The Hall–Kier alpha value is -2.15. The van der Waals surface area contributed by atoms with Crippen LogP contribution in [0.25, 0.3) is 22.0 Å². The highest BCUT2D eigenvalue weighted by atomic mass is 35.5. The van der Waals surface area contributed by atoms with Gasteiger partial charge in [0.05, 0.1) is 10.0 Å².